The van der Waals surface area contributed by atoms with Crippen LogP contribution in [0.5, 0.6) is 0 Å². The topological polar surface area (TPSA) is 34.1 Å². The second kappa shape index (κ2) is 14.0. The first kappa shape index (κ1) is 27.8. The zero-order valence-corrected chi connectivity index (χ0v) is 24.8. The van der Waals surface area contributed by atoms with E-state index in [1.807, 2.05) is 121 Å². The van der Waals surface area contributed by atoms with Crippen LogP contribution in [0.3, 0.4) is 0 Å². The lowest BCUT2D eigenvalue weighted by molar-refractivity contribution is 0.588. The molecule has 0 bridgehead atoms. The number of hydrogen-bond acceptors (Lipinski definition) is 6. The highest BCUT2D eigenvalue weighted by Crippen LogP contribution is 2.75. The summed E-state index contributed by atoms with van der Waals surface area (Å²) in [6.45, 7) is 0. The van der Waals surface area contributed by atoms with Crippen molar-refractivity contribution in [2.45, 2.75) is 32.4 Å². The second-order valence-corrected chi connectivity index (χ2v) is 24.6. The van der Waals surface area contributed by atoms with Gasteiger partial charge >= 0.3 is 0 Å². The van der Waals surface area contributed by atoms with Gasteiger partial charge in [0.05, 0.1) is 0 Å². The minimum absolute atomic E-state index is 0.595. The molecule has 4 aromatic rings. The van der Waals surface area contributed by atoms with Crippen molar-refractivity contribution in [2.75, 3.05) is 12.3 Å². The van der Waals surface area contributed by atoms with Crippen molar-refractivity contribution in [1.29, 1.82) is 0 Å². The fourth-order valence-corrected chi connectivity index (χ4v) is 19.4. The Hall–Kier alpha value is -1.26. The van der Waals surface area contributed by atoms with Gasteiger partial charge < -0.3 is 0 Å². The minimum atomic E-state index is -2.65. The van der Waals surface area contributed by atoms with Crippen molar-refractivity contribution >= 4 is 56.6 Å². The van der Waals surface area contributed by atoms with Crippen LogP contribution in [0, 0.1) is 0 Å². The molecular weight excluding hydrogens is 559 g/mol. The van der Waals surface area contributed by atoms with Crippen molar-refractivity contribution in [1.82, 2.24) is 0 Å². The first-order valence-electron chi connectivity index (χ1n) is 11.7. The van der Waals surface area contributed by atoms with Crippen LogP contribution in [0.25, 0.3) is 0 Å². The van der Waals surface area contributed by atoms with E-state index < -0.39 is 11.1 Å². The van der Waals surface area contributed by atoms with E-state index in [2.05, 4.69) is 0 Å². The molecule has 0 unspecified atom stereocenters. The average Bonchev–Trinajstić information content (AvgIpc) is 2.89. The molecule has 4 aromatic carbocycles. The number of hydrogen-bond donors (Lipinski definition) is 0. The van der Waals surface area contributed by atoms with Gasteiger partial charge in [-0.05, 0) is 107 Å². The molecule has 8 heteroatoms. The van der Waals surface area contributed by atoms with E-state index in [1.165, 1.54) is 45.5 Å². The Balaban J connectivity index is 1.43. The molecule has 0 aliphatic heterocycles. The smallest absolute Gasteiger partial charge is 0.200 e. The van der Waals surface area contributed by atoms with Crippen molar-refractivity contribution in [2.24, 2.45) is 0 Å². The third kappa shape index (κ3) is 9.24. The zero-order chi connectivity index (χ0) is 25.1. The van der Waals surface area contributed by atoms with Gasteiger partial charge in [0, 0.05) is 31.9 Å². The standard InChI is InChI=1S/C28H28O2P2S4/c29-31(33-25-15-5-1-6-16-25,34-26-17-7-2-8-18-26)23-13-14-24-32(30,35-27-19-9-3-10-20-27)36-28-21-11-4-12-22-28/h1-12,15-22H,13-14,23-24H2. The Kier molecular flexibility index (Phi) is 10.8. The van der Waals surface area contributed by atoms with E-state index >= 15 is 0 Å². The van der Waals surface area contributed by atoms with E-state index in [0.29, 0.717) is 12.3 Å². The van der Waals surface area contributed by atoms with Gasteiger partial charge in [0.2, 0.25) is 0 Å². The van der Waals surface area contributed by atoms with Crippen LogP contribution in [-0.4, -0.2) is 12.3 Å². The molecule has 0 saturated carbocycles. The van der Waals surface area contributed by atoms with Crippen molar-refractivity contribution < 1.29 is 9.13 Å². The molecular formula is C28H28O2P2S4. The molecule has 2 nitrogen and oxygen atoms in total. The molecule has 0 heterocycles. The van der Waals surface area contributed by atoms with Gasteiger partial charge in [-0.2, -0.15) is 0 Å². The Morgan fingerprint density at radius 2 is 0.611 bits per heavy atom. The molecule has 0 aromatic heterocycles. The van der Waals surface area contributed by atoms with Crippen LogP contribution in [0.4, 0.5) is 0 Å². The monoisotopic (exact) mass is 586 g/mol. The molecule has 186 valence electrons. The molecule has 0 aliphatic carbocycles. The van der Waals surface area contributed by atoms with Crippen LogP contribution in [0.15, 0.2) is 141 Å². The fraction of sp³-hybridized carbons (Fsp3) is 0.143. The summed E-state index contributed by atoms with van der Waals surface area (Å²) in [5.41, 5.74) is -5.30. The molecule has 0 atom stereocenters. The van der Waals surface area contributed by atoms with Gasteiger partial charge in [-0.3, -0.25) is 9.13 Å². The first-order valence-corrected chi connectivity index (χ1v) is 21.2. The predicted octanol–water partition coefficient (Wildman–Crippen LogP) is 11.3. The quantitative estimate of drug-likeness (QED) is 0.114. The van der Waals surface area contributed by atoms with Crippen molar-refractivity contribution in [3.05, 3.63) is 121 Å². The van der Waals surface area contributed by atoms with Gasteiger partial charge in [0.25, 0.3) is 0 Å². The van der Waals surface area contributed by atoms with Crippen molar-refractivity contribution in [3.8, 4) is 0 Å². The maximum Gasteiger partial charge on any atom is 0.200 e. The molecule has 0 aliphatic rings. The third-order valence-corrected chi connectivity index (χ3v) is 20.6. The molecule has 36 heavy (non-hydrogen) atoms. The normalized spacial score (nSPS) is 11.9. The highest BCUT2D eigenvalue weighted by molar-refractivity contribution is 8.91. The van der Waals surface area contributed by atoms with Gasteiger partial charge in [0.1, 0.15) is 0 Å². The molecule has 0 amide bonds. The summed E-state index contributed by atoms with van der Waals surface area (Å²) in [4.78, 5) is 4.09. The minimum Gasteiger partial charge on any atom is -0.300 e. The molecule has 0 fully saturated rings. The third-order valence-electron chi connectivity index (χ3n) is 5.06. The predicted molar refractivity (Wildman–Crippen MR) is 163 cm³/mol. The summed E-state index contributed by atoms with van der Waals surface area (Å²) in [5, 5.41) is 0. The summed E-state index contributed by atoms with van der Waals surface area (Å²) in [6, 6.07) is 39.9. The second-order valence-electron chi connectivity index (χ2n) is 7.99. The Bertz CT molecular complexity index is 1100. The van der Waals surface area contributed by atoms with Gasteiger partial charge in [-0.1, -0.05) is 72.8 Å². The summed E-state index contributed by atoms with van der Waals surface area (Å²) in [5.74, 6) is 0. The maximum absolute atomic E-state index is 14.1. The lowest BCUT2D eigenvalue weighted by atomic mass is 10.4. The highest BCUT2D eigenvalue weighted by atomic mass is 33.1. The molecule has 0 saturated heterocycles. The average molecular weight is 587 g/mol. The van der Waals surface area contributed by atoms with Crippen LogP contribution in [-0.2, 0) is 9.13 Å². The lowest BCUT2D eigenvalue weighted by Crippen LogP contribution is -1.90. The summed E-state index contributed by atoms with van der Waals surface area (Å²) < 4.78 is 28.2. The summed E-state index contributed by atoms with van der Waals surface area (Å²) in [7, 11) is 0. The lowest BCUT2D eigenvalue weighted by Gasteiger charge is -2.19. The Morgan fingerprint density at radius 1 is 0.389 bits per heavy atom. The zero-order valence-electron chi connectivity index (χ0n) is 19.7. The SMILES string of the molecule is O=P(CCCCP(=O)(Sc1ccccc1)Sc1ccccc1)(Sc1ccccc1)Sc1ccccc1. The van der Waals surface area contributed by atoms with Gasteiger partial charge in [-0.15, -0.1) is 0 Å². The van der Waals surface area contributed by atoms with E-state index in [0.717, 1.165) is 32.4 Å². The van der Waals surface area contributed by atoms with Crippen LogP contribution in [0.1, 0.15) is 12.8 Å². The number of unbranched alkanes of at least 4 members (excludes halogenated alkanes) is 1. The van der Waals surface area contributed by atoms with Gasteiger partial charge in [0.15, 0.2) is 11.1 Å². The maximum atomic E-state index is 14.1. The number of rotatable bonds is 13. The van der Waals surface area contributed by atoms with E-state index in [1.54, 1.807) is 0 Å². The van der Waals surface area contributed by atoms with E-state index in [-0.39, 0.29) is 0 Å². The van der Waals surface area contributed by atoms with Crippen LogP contribution < -0.4 is 0 Å². The molecule has 0 spiro atoms. The summed E-state index contributed by atoms with van der Waals surface area (Å²) >= 11 is 5.95. The fourth-order valence-electron chi connectivity index (χ4n) is 3.40. The van der Waals surface area contributed by atoms with E-state index in [4.69, 9.17) is 0 Å². The van der Waals surface area contributed by atoms with Crippen LogP contribution in [0.2, 0.25) is 0 Å². The van der Waals surface area contributed by atoms with Gasteiger partial charge in [-0.25, -0.2) is 0 Å². The molecule has 4 rings (SSSR count). The summed E-state index contributed by atoms with van der Waals surface area (Å²) in [6.07, 6.45) is 2.73. The first-order chi connectivity index (χ1) is 17.5. The van der Waals surface area contributed by atoms with E-state index in [9.17, 15) is 9.13 Å². The highest BCUT2D eigenvalue weighted by Gasteiger charge is 2.28. The largest absolute Gasteiger partial charge is 0.300 e. The van der Waals surface area contributed by atoms with Crippen LogP contribution >= 0.6 is 56.6 Å². The molecule has 0 radical (unpaired) electrons. The number of benzene rings is 4. The Morgan fingerprint density at radius 3 is 0.833 bits per heavy atom. The molecule has 0 N–H and O–H groups in total. The Labute approximate surface area is 230 Å². The van der Waals surface area contributed by atoms with Crippen molar-refractivity contribution in [3.63, 3.8) is 0 Å².